The number of aliphatic imine (C=N–C) groups is 1. The van der Waals surface area contributed by atoms with Gasteiger partial charge in [0.2, 0.25) is 0 Å². The maximum absolute atomic E-state index is 12.4. The van der Waals surface area contributed by atoms with Crippen molar-refractivity contribution in [2.75, 3.05) is 5.32 Å². The Morgan fingerprint density at radius 3 is 2.89 bits per heavy atom. The molecule has 1 amide bonds. The van der Waals surface area contributed by atoms with Gasteiger partial charge in [-0.3, -0.25) is 9.79 Å². The van der Waals surface area contributed by atoms with Gasteiger partial charge in [0.1, 0.15) is 11.8 Å². The molecule has 138 valence electrons. The minimum absolute atomic E-state index is 0.259. The molecule has 6 nitrogen and oxygen atoms in total. The van der Waals surface area contributed by atoms with Gasteiger partial charge in [-0.15, -0.1) is 0 Å². The average molecular weight is 379 g/mol. The number of pyridine rings is 1. The summed E-state index contributed by atoms with van der Waals surface area (Å²) in [5, 5.41) is 12.7. The van der Waals surface area contributed by atoms with Crippen LogP contribution in [-0.4, -0.2) is 21.3 Å². The zero-order valence-electron chi connectivity index (χ0n) is 15.3. The van der Waals surface area contributed by atoms with Crippen molar-refractivity contribution in [3.63, 3.8) is 0 Å². The summed E-state index contributed by atoms with van der Waals surface area (Å²) in [6.45, 7) is 4.25. The molecule has 27 heavy (non-hydrogen) atoms. The monoisotopic (exact) mass is 379 g/mol. The lowest BCUT2D eigenvalue weighted by molar-refractivity contribution is 0.102. The molecule has 7 heteroatoms. The molecule has 0 saturated heterocycles. The molecule has 0 saturated carbocycles. The van der Waals surface area contributed by atoms with Crippen molar-refractivity contribution in [3.8, 4) is 6.07 Å². The van der Waals surface area contributed by atoms with Gasteiger partial charge in [0.05, 0.1) is 11.1 Å². The van der Waals surface area contributed by atoms with E-state index in [2.05, 4.69) is 24.1 Å². The van der Waals surface area contributed by atoms with Crippen molar-refractivity contribution < 1.29 is 4.79 Å². The predicted octanol–water partition coefficient (Wildman–Crippen LogP) is 3.65. The number of amides is 1. The Morgan fingerprint density at radius 2 is 2.26 bits per heavy atom. The number of amidine groups is 1. The number of benzene rings is 1. The van der Waals surface area contributed by atoms with Crippen LogP contribution in [0.3, 0.4) is 0 Å². The quantitative estimate of drug-likeness (QED) is 0.844. The molecule has 2 atom stereocenters. The first kappa shape index (κ1) is 18.9. The number of rotatable bonds is 4. The first-order valence-electron chi connectivity index (χ1n) is 8.76. The number of anilines is 1. The van der Waals surface area contributed by atoms with Crippen LogP contribution < -0.4 is 11.1 Å². The third-order valence-electron chi connectivity index (χ3n) is 4.64. The largest absolute Gasteiger partial charge is 0.379 e. The fraction of sp³-hybridized carbons (Fsp3) is 0.300. The Hall–Kier alpha value is -2.85. The van der Waals surface area contributed by atoms with E-state index < -0.39 is 0 Å². The van der Waals surface area contributed by atoms with E-state index in [1.165, 1.54) is 12.3 Å². The third-order valence-corrected chi connectivity index (χ3v) is 5.54. The summed E-state index contributed by atoms with van der Waals surface area (Å²) in [6.07, 6.45) is 3.10. The summed E-state index contributed by atoms with van der Waals surface area (Å²) in [5.74, 6) is -0.322. The Morgan fingerprint density at radius 1 is 1.44 bits per heavy atom. The minimum atomic E-state index is -0.373. The second-order valence-corrected chi connectivity index (χ2v) is 8.01. The summed E-state index contributed by atoms with van der Waals surface area (Å²) in [6, 6.07) is 12.8. The van der Waals surface area contributed by atoms with Crippen LogP contribution in [0.15, 0.2) is 47.6 Å². The Balaban J connectivity index is 1.85. The Bertz CT molecular complexity index is 919. The van der Waals surface area contributed by atoms with Crippen molar-refractivity contribution in [1.82, 2.24) is 4.98 Å². The van der Waals surface area contributed by atoms with Crippen molar-refractivity contribution in [1.29, 1.82) is 5.26 Å². The van der Waals surface area contributed by atoms with Crippen molar-refractivity contribution in [3.05, 3.63) is 59.4 Å². The highest BCUT2D eigenvalue weighted by Crippen LogP contribution is 2.42. The molecule has 1 aromatic heterocycles. The highest BCUT2D eigenvalue weighted by molar-refractivity contribution is 8.14. The maximum atomic E-state index is 12.4. The second kappa shape index (κ2) is 7.80. The van der Waals surface area contributed by atoms with E-state index in [1.54, 1.807) is 17.8 Å². The normalized spacial score (nSPS) is 21.8. The molecular weight excluding hydrogens is 358 g/mol. The van der Waals surface area contributed by atoms with Gasteiger partial charge in [-0.05, 0) is 42.7 Å². The summed E-state index contributed by atoms with van der Waals surface area (Å²) in [5.41, 5.74) is 8.06. The van der Waals surface area contributed by atoms with Crippen LogP contribution in [0.2, 0.25) is 0 Å². The molecule has 2 unspecified atom stereocenters. The number of nitrogens with two attached hydrogens (primary N) is 1. The first-order chi connectivity index (χ1) is 13.0. The number of hydrogen-bond donors (Lipinski definition) is 2. The van der Waals surface area contributed by atoms with E-state index in [1.807, 2.05) is 30.3 Å². The van der Waals surface area contributed by atoms with Gasteiger partial charge in [0.15, 0.2) is 5.17 Å². The standard InChI is InChI=1S/C20H21N5OS/c1-3-20(10-13(2)27-19(22)25-20)15-5-4-6-16(9-15)24-18(26)17-8-7-14(11-21)12-23-17/h4-9,12-13H,3,10H2,1-2H3,(H2,22,25)(H,24,26). The number of thioether (sulfide) groups is 1. The van der Waals surface area contributed by atoms with Crippen LogP contribution in [0.5, 0.6) is 0 Å². The van der Waals surface area contributed by atoms with Crippen molar-refractivity contribution in [2.45, 2.75) is 37.5 Å². The van der Waals surface area contributed by atoms with Gasteiger partial charge in [-0.2, -0.15) is 5.26 Å². The molecule has 0 spiro atoms. The molecule has 0 aliphatic carbocycles. The lowest BCUT2D eigenvalue weighted by atomic mass is 9.83. The summed E-state index contributed by atoms with van der Waals surface area (Å²) in [4.78, 5) is 21.2. The number of carbonyl (C=O) groups is 1. The van der Waals surface area contributed by atoms with Gasteiger partial charge in [0, 0.05) is 17.1 Å². The van der Waals surface area contributed by atoms with Gasteiger partial charge in [0.25, 0.3) is 5.91 Å². The smallest absolute Gasteiger partial charge is 0.274 e. The van der Waals surface area contributed by atoms with E-state index in [0.29, 0.717) is 21.7 Å². The molecule has 0 radical (unpaired) electrons. The zero-order valence-corrected chi connectivity index (χ0v) is 16.1. The van der Waals surface area contributed by atoms with Gasteiger partial charge < -0.3 is 11.1 Å². The van der Waals surface area contributed by atoms with Crippen LogP contribution >= 0.6 is 11.8 Å². The van der Waals surface area contributed by atoms with E-state index in [-0.39, 0.29) is 17.1 Å². The van der Waals surface area contributed by atoms with Gasteiger partial charge in [-0.1, -0.05) is 37.7 Å². The Labute approximate surface area is 162 Å². The van der Waals surface area contributed by atoms with Crippen molar-refractivity contribution >= 4 is 28.5 Å². The van der Waals surface area contributed by atoms with Crippen LogP contribution in [0.25, 0.3) is 0 Å². The third kappa shape index (κ3) is 4.12. The molecule has 0 fully saturated rings. The van der Waals surface area contributed by atoms with Crippen LogP contribution in [-0.2, 0) is 5.54 Å². The molecule has 0 bridgehead atoms. The lowest BCUT2D eigenvalue weighted by Crippen LogP contribution is -2.34. The maximum Gasteiger partial charge on any atom is 0.274 e. The zero-order chi connectivity index (χ0) is 19.4. The number of nitrogens with zero attached hydrogens (tertiary/aromatic N) is 3. The first-order valence-corrected chi connectivity index (χ1v) is 9.64. The predicted molar refractivity (Wildman–Crippen MR) is 109 cm³/mol. The fourth-order valence-corrected chi connectivity index (χ4v) is 4.29. The van der Waals surface area contributed by atoms with E-state index in [0.717, 1.165) is 18.4 Å². The number of nitriles is 1. The summed E-state index contributed by atoms with van der Waals surface area (Å²) >= 11 is 1.60. The van der Waals surface area contributed by atoms with Crippen LogP contribution in [0.1, 0.15) is 48.3 Å². The number of aromatic nitrogens is 1. The van der Waals surface area contributed by atoms with Crippen LogP contribution in [0.4, 0.5) is 5.69 Å². The highest BCUT2D eigenvalue weighted by Gasteiger charge is 2.36. The Kier molecular flexibility index (Phi) is 5.47. The molecular formula is C20H21N5OS. The lowest BCUT2D eigenvalue weighted by Gasteiger charge is -2.36. The molecule has 1 aliphatic rings. The van der Waals surface area contributed by atoms with E-state index in [4.69, 9.17) is 16.0 Å². The van der Waals surface area contributed by atoms with E-state index >= 15 is 0 Å². The fourth-order valence-electron chi connectivity index (χ4n) is 3.29. The molecule has 1 aromatic carbocycles. The summed E-state index contributed by atoms with van der Waals surface area (Å²) < 4.78 is 0. The van der Waals surface area contributed by atoms with E-state index in [9.17, 15) is 4.79 Å². The highest BCUT2D eigenvalue weighted by atomic mass is 32.2. The SMILES string of the molecule is CCC1(c2cccc(NC(=O)c3ccc(C#N)cn3)c2)CC(C)SC(N)=N1. The molecule has 2 aromatic rings. The molecule has 2 heterocycles. The minimum Gasteiger partial charge on any atom is -0.379 e. The number of carbonyl (C=O) groups excluding carboxylic acids is 1. The topological polar surface area (TPSA) is 104 Å². The van der Waals surface area contributed by atoms with Crippen LogP contribution in [0, 0.1) is 11.3 Å². The molecule has 3 rings (SSSR count). The van der Waals surface area contributed by atoms with Crippen molar-refractivity contribution in [2.24, 2.45) is 10.7 Å². The summed E-state index contributed by atoms with van der Waals surface area (Å²) in [7, 11) is 0. The van der Waals surface area contributed by atoms with Gasteiger partial charge in [-0.25, -0.2) is 4.98 Å². The number of hydrogen-bond acceptors (Lipinski definition) is 6. The second-order valence-electron chi connectivity index (χ2n) is 6.55. The average Bonchev–Trinajstić information content (AvgIpc) is 2.67. The number of nitrogens with one attached hydrogen (secondary N) is 1. The van der Waals surface area contributed by atoms with Gasteiger partial charge >= 0.3 is 0 Å². The molecule has 3 N–H and O–H groups in total. The molecule has 1 aliphatic heterocycles.